The number of benzene rings is 1. The van der Waals surface area contributed by atoms with Gasteiger partial charge < -0.3 is 14.9 Å². The molecule has 1 aromatic carbocycles. The molecule has 26 heavy (non-hydrogen) atoms. The highest BCUT2D eigenvalue weighted by Crippen LogP contribution is 2.30. The van der Waals surface area contributed by atoms with Crippen molar-refractivity contribution in [1.82, 2.24) is 14.7 Å². The summed E-state index contributed by atoms with van der Waals surface area (Å²) in [6, 6.07) is 7.50. The van der Waals surface area contributed by atoms with Crippen LogP contribution in [-0.4, -0.2) is 45.3 Å². The van der Waals surface area contributed by atoms with Gasteiger partial charge in [0.05, 0.1) is 35.2 Å². The average Bonchev–Trinajstić information content (AvgIpc) is 3.27. The summed E-state index contributed by atoms with van der Waals surface area (Å²) in [6.07, 6.45) is 3.22. The van der Waals surface area contributed by atoms with E-state index in [4.69, 9.17) is 11.6 Å². The molecular weight excluding hydrogens is 352 g/mol. The Labute approximate surface area is 158 Å². The second-order valence-electron chi connectivity index (χ2n) is 6.95. The molecule has 2 aliphatic heterocycles. The summed E-state index contributed by atoms with van der Waals surface area (Å²) < 4.78 is 1.89. The first-order valence-electron chi connectivity index (χ1n) is 9.16. The van der Waals surface area contributed by atoms with Gasteiger partial charge in [0.15, 0.2) is 0 Å². The van der Waals surface area contributed by atoms with E-state index < -0.39 is 0 Å². The zero-order valence-electron chi connectivity index (χ0n) is 14.7. The molecule has 6 nitrogen and oxygen atoms in total. The van der Waals surface area contributed by atoms with Gasteiger partial charge in [-0.15, -0.1) is 0 Å². The molecule has 138 valence electrons. The lowest BCUT2D eigenvalue weighted by atomic mass is 10.1. The number of rotatable bonds is 3. The van der Waals surface area contributed by atoms with E-state index in [0.717, 1.165) is 37.4 Å². The van der Waals surface area contributed by atoms with Gasteiger partial charge in [-0.25, -0.2) is 0 Å². The largest absolute Gasteiger partial charge is 0.390 e. The number of anilines is 1. The Morgan fingerprint density at radius 3 is 2.65 bits per heavy atom. The molecule has 4 rings (SSSR count). The first kappa shape index (κ1) is 17.4. The first-order chi connectivity index (χ1) is 12.7. The van der Waals surface area contributed by atoms with Crippen LogP contribution in [-0.2, 0) is 19.7 Å². The van der Waals surface area contributed by atoms with E-state index in [1.807, 2.05) is 27.8 Å². The molecule has 2 aromatic rings. The van der Waals surface area contributed by atoms with Gasteiger partial charge in [-0.2, -0.15) is 5.10 Å². The Hall–Kier alpha value is -2.05. The van der Waals surface area contributed by atoms with Gasteiger partial charge in [-0.3, -0.25) is 9.48 Å². The van der Waals surface area contributed by atoms with E-state index in [-0.39, 0.29) is 12.5 Å². The Kier molecular flexibility index (Phi) is 4.87. The molecular formula is C19H23ClN4O2. The SMILES string of the molecule is O=C(c1ccc(N2CCCC2)c(Cl)c1)N1CCCn2nc(CO)cc2C1. The summed E-state index contributed by atoms with van der Waals surface area (Å²) in [5.74, 6) is -0.0138. The highest BCUT2D eigenvalue weighted by molar-refractivity contribution is 6.33. The topological polar surface area (TPSA) is 61.6 Å². The van der Waals surface area contributed by atoms with Crippen molar-refractivity contribution in [2.24, 2.45) is 0 Å². The maximum Gasteiger partial charge on any atom is 0.254 e. The van der Waals surface area contributed by atoms with Gasteiger partial charge in [-0.1, -0.05) is 11.6 Å². The fourth-order valence-corrected chi connectivity index (χ4v) is 4.11. The Morgan fingerprint density at radius 1 is 1.12 bits per heavy atom. The number of aliphatic hydroxyl groups is 1. The molecule has 1 N–H and O–H groups in total. The summed E-state index contributed by atoms with van der Waals surface area (Å²) in [5, 5.41) is 14.3. The molecule has 0 atom stereocenters. The molecule has 1 aromatic heterocycles. The molecule has 0 radical (unpaired) electrons. The van der Waals surface area contributed by atoms with E-state index in [0.29, 0.717) is 29.4 Å². The summed E-state index contributed by atoms with van der Waals surface area (Å²) in [7, 11) is 0. The van der Waals surface area contributed by atoms with Crippen molar-refractivity contribution >= 4 is 23.2 Å². The van der Waals surface area contributed by atoms with Crippen molar-refractivity contribution in [3.05, 3.63) is 46.2 Å². The number of aromatic nitrogens is 2. The van der Waals surface area contributed by atoms with E-state index >= 15 is 0 Å². The standard InChI is InChI=1S/C19H23ClN4O2/c20-17-10-14(4-5-18(17)22-6-1-2-7-22)19(26)23-8-3-9-24-16(12-23)11-15(13-25)21-24/h4-5,10-11,25H,1-3,6-9,12-13H2. The number of halogens is 1. The van der Waals surface area contributed by atoms with Crippen LogP contribution in [0.3, 0.4) is 0 Å². The number of fused-ring (bicyclic) bond motifs is 1. The lowest BCUT2D eigenvalue weighted by Gasteiger charge is -2.22. The number of aryl methyl sites for hydroxylation is 1. The maximum atomic E-state index is 13.0. The number of carbonyl (C=O) groups is 1. The van der Waals surface area contributed by atoms with E-state index in [9.17, 15) is 9.90 Å². The lowest BCUT2D eigenvalue weighted by Crippen LogP contribution is -2.30. The number of aliphatic hydroxyl groups excluding tert-OH is 1. The molecule has 7 heteroatoms. The molecule has 1 fully saturated rings. The van der Waals surface area contributed by atoms with Crippen LogP contribution in [0.2, 0.25) is 5.02 Å². The van der Waals surface area contributed by atoms with Gasteiger partial charge in [-0.05, 0) is 43.5 Å². The smallest absolute Gasteiger partial charge is 0.254 e. The minimum absolute atomic E-state index is 0.0138. The van der Waals surface area contributed by atoms with Crippen molar-refractivity contribution in [3.63, 3.8) is 0 Å². The summed E-state index contributed by atoms with van der Waals surface area (Å²) in [4.78, 5) is 17.1. The fraction of sp³-hybridized carbons (Fsp3) is 0.474. The number of carbonyl (C=O) groups excluding carboxylic acids is 1. The van der Waals surface area contributed by atoms with Gasteiger partial charge in [0.2, 0.25) is 0 Å². The third-order valence-corrected chi connectivity index (χ3v) is 5.46. The van der Waals surface area contributed by atoms with Crippen molar-refractivity contribution < 1.29 is 9.90 Å². The van der Waals surface area contributed by atoms with Crippen LogP contribution in [0.1, 0.15) is 41.0 Å². The third kappa shape index (κ3) is 3.31. The van der Waals surface area contributed by atoms with Crippen LogP contribution in [0, 0.1) is 0 Å². The third-order valence-electron chi connectivity index (χ3n) is 5.16. The lowest BCUT2D eigenvalue weighted by molar-refractivity contribution is 0.0746. The molecule has 2 aliphatic rings. The van der Waals surface area contributed by atoms with Crippen LogP contribution in [0.15, 0.2) is 24.3 Å². The normalized spacial score (nSPS) is 17.3. The number of hydrogen-bond acceptors (Lipinski definition) is 4. The average molecular weight is 375 g/mol. The van der Waals surface area contributed by atoms with Crippen molar-refractivity contribution in [3.8, 4) is 0 Å². The molecule has 0 spiro atoms. The Morgan fingerprint density at radius 2 is 1.92 bits per heavy atom. The molecule has 3 heterocycles. The van der Waals surface area contributed by atoms with Crippen LogP contribution in [0.5, 0.6) is 0 Å². The molecule has 0 bridgehead atoms. The molecule has 0 unspecified atom stereocenters. The minimum Gasteiger partial charge on any atom is -0.390 e. The molecule has 1 saturated heterocycles. The second kappa shape index (κ2) is 7.29. The quantitative estimate of drug-likeness (QED) is 0.897. The zero-order valence-corrected chi connectivity index (χ0v) is 15.5. The number of amides is 1. The van der Waals surface area contributed by atoms with Crippen LogP contribution >= 0.6 is 11.6 Å². The van der Waals surface area contributed by atoms with E-state index in [1.165, 1.54) is 12.8 Å². The highest BCUT2D eigenvalue weighted by atomic mass is 35.5. The van der Waals surface area contributed by atoms with Gasteiger partial charge in [0, 0.05) is 31.7 Å². The highest BCUT2D eigenvalue weighted by Gasteiger charge is 2.23. The summed E-state index contributed by atoms with van der Waals surface area (Å²) >= 11 is 6.47. The van der Waals surface area contributed by atoms with Crippen LogP contribution < -0.4 is 4.90 Å². The minimum atomic E-state index is -0.0818. The van der Waals surface area contributed by atoms with Gasteiger partial charge in [0.25, 0.3) is 5.91 Å². The molecule has 0 aliphatic carbocycles. The van der Waals surface area contributed by atoms with Crippen molar-refractivity contribution in [1.29, 1.82) is 0 Å². The zero-order chi connectivity index (χ0) is 18.1. The van der Waals surface area contributed by atoms with Gasteiger partial charge in [0.1, 0.15) is 0 Å². The first-order valence-corrected chi connectivity index (χ1v) is 9.54. The Balaban J connectivity index is 1.54. The predicted molar refractivity (Wildman–Crippen MR) is 100 cm³/mol. The van der Waals surface area contributed by atoms with Crippen LogP contribution in [0.4, 0.5) is 5.69 Å². The number of hydrogen-bond donors (Lipinski definition) is 1. The van der Waals surface area contributed by atoms with Crippen molar-refractivity contribution in [2.45, 2.75) is 39.0 Å². The summed E-state index contributed by atoms with van der Waals surface area (Å²) in [5.41, 5.74) is 3.24. The monoisotopic (exact) mass is 374 g/mol. The molecule has 0 saturated carbocycles. The summed E-state index contributed by atoms with van der Waals surface area (Å²) in [6.45, 7) is 3.90. The van der Waals surface area contributed by atoms with E-state index in [2.05, 4.69) is 10.00 Å². The molecule has 1 amide bonds. The van der Waals surface area contributed by atoms with E-state index in [1.54, 1.807) is 6.07 Å². The Bertz CT molecular complexity index is 814. The fourth-order valence-electron chi connectivity index (χ4n) is 3.81. The second-order valence-corrected chi connectivity index (χ2v) is 7.36. The van der Waals surface area contributed by atoms with Crippen molar-refractivity contribution in [2.75, 3.05) is 24.5 Å². The maximum absolute atomic E-state index is 13.0. The number of nitrogens with zero attached hydrogens (tertiary/aromatic N) is 4. The predicted octanol–water partition coefficient (Wildman–Crippen LogP) is 2.68. The van der Waals surface area contributed by atoms with Gasteiger partial charge >= 0.3 is 0 Å². The van der Waals surface area contributed by atoms with Crippen LogP contribution in [0.25, 0.3) is 0 Å².